The maximum Gasteiger partial charge on any atom is 0.359 e. The Morgan fingerprint density at radius 3 is 2.27 bits per heavy atom. The van der Waals surface area contributed by atoms with Gasteiger partial charge in [0.25, 0.3) is 11.5 Å². The summed E-state index contributed by atoms with van der Waals surface area (Å²) in [6.07, 6.45) is 1.13. The van der Waals surface area contributed by atoms with Crippen molar-refractivity contribution in [2.45, 2.75) is 19.9 Å². The van der Waals surface area contributed by atoms with E-state index in [-0.39, 0.29) is 43.5 Å². The number of hydrogen-bond acceptors (Lipinski definition) is 7. The van der Waals surface area contributed by atoms with Crippen molar-refractivity contribution in [2.75, 3.05) is 39.0 Å². The third-order valence-corrected chi connectivity index (χ3v) is 6.20. The second-order valence-corrected chi connectivity index (χ2v) is 9.34. The first-order valence-electron chi connectivity index (χ1n) is 9.51. The average molecular weight is 436 g/mol. The highest BCUT2D eigenvalue weighted by Crippen LogP contribution is 2.16. The zero-order valence-corrected chi connectivity index (χ0v) is 17.9. The molecule has 1 aliphatic rings. The minimum Gasteiger partial charge on any atom is -0.451 e. The molecule has 1 fully saturated rings. The van der Waals surface area contributed by atoms with Gasteiger partial charge in [-0.1, -0.05) is 18.2 Å². The Bertz CT molecular complexity index is 1130. The lowest BCUT2D eigenvalue weighted by Crippen LogP contribution is -2.51. The predicted octanol–water partition coefficient (Wildman–Crippen LogP) is 0.238. The number of sulfonamides is 1. The second-order valence-electron chi connectivity index (χ2n) is 7.36. The van der Waals surface area contributed by atoms with Crippen molar-refractivity contribution < 1.29 is 22.7 Å². The van der Waals surface area contributed by atoms with Crippen molar-refractivity contribution in [3.05, 3.63) is 40.3 Å². The van der Waals surface area contributed by atoms with E-state index in [1.807, 2.05) is 0 Å². The summed E-state index contributed by atoms with van der Waals surface area (Å²) in [6.45, 7) is 3.91. The lowest BCUT2D eigenvalue weighted by molar-refractivity contribution is -0.135. The topological polar surface area (TPSA) is 119 Å². The van der Waals surface area contributed by atoms with Crippen molar-refractivity contribution in [1.29, 1.82) is 0 Å². The molecule has 0 bridgehead atoms. The molecule has 0 atom stereocenters. The van der Waals surface area contributed by atoms with Gasteiger partial charge in [-0.25, -0.2) is 17.9 Å². The van der Waals surface area contributed by atoms with Gasteiger partial charge in [-0.15, -0.1) is 0 Å². The molecule has 1 saturated heterocycles. The van der Waals surface area contributed by atoms with Gasteiger partial charge in [0, 0.05) is 31.6 Å². The van der Waals surface area contributed by atoms with Crippen LogP contribution < -0.4 is 5.56 Å². The molecular formula is C19H24N4O6S. The molecule has 0 radical (unpaired) electrons. The summed E-state index contributed by atoms with van der Waals surface area (Å²) in [4.78, 5) is 39.1. The maximum absolute atomic E-state index is 12.7. The highest BCUT2D eigenvalue weighted by molar-refractivity contribution is 7.88. The van der Waals surface area contributed by atoms with Crippen LogP contribution in [0.4, 0.5) is 0 Å². The Balaban J connectivity index is 1.73. The van der Waals surface area contributed by atoms with Crippen molar-refractivity contribution in [3.63, 3.8) is 0 Å². The van der Waals surface area contributed by atoms with Gasteiger partial charge in [0.15, 0.2) is 12.3 Å². The molecule has 1 amide bonds. The number of amides is 1. The molecule has 11 heteroatoms. The Kier molecular flexibility index (Phi) is 6.22. The van der Waals surface area contributed by atoms with E-state index in [2.05, 4.69) is 5.10 Å². The highest BCUT2D eigenvalue weighted by atomic mass is 32.2. The number of carbonyl (C=O) groups excluding carboxylic acids is 2. The van der Waals surface area contributed by atoms with E-state index in [1.165, 1.54) is 13.9 Å². The number of aromatic nitrogens is 2. The summed E-state index contributed by atoms with van der Waals surface area (Å²) in [5.74, 6) is -1.22. The smallest absolute Gasteiger partial charge is 0.359 e. The standard InChI is InChI=1S/C19H24N4O6S/c1-13(2)23-18(25)15-7-5-4-6-14(15)17(20-23)19(26)29-12-16(24)21-8-10-22(11-9-21)30(3,27)28/h4-7,13H,8-12H2,1-3H3. The molecule has 162 valence electrons. The van der Waals surface area contributed by atoms with E-state index < -0.39 is 28.5 Å². The van der Waals surface area contributed by atoms with Gasteiger partial charge in [0.2, 0.25) is 10.0 Å². The zero-order chi connectivity index (χ0) is 22.1. The van der Waals surface area contributed by atoms with Crippen LogP contribution in [0.5, 0.6) is 0 Å². The fourth-order valence-corrected chi connectivity index (χ4v) is 4.09. The number of ether oxygens (including phenoxy) is 1. The summed E-state index contributed by atoms with van der Waals surface area (Å²) >= 11 is 0. The van der Waals surface area contributed by atoms with Gasteiger partial charge in [-0.05, 0) is 19.9 Å². The molecule has 0 aliphatic carbocycles. The number of nitrogens with zero attached hydrogens (tertiary/aromatic N) is 4. The lowest BCUT2D eigenvalue weighted by Gasteiger charge is -2.33. The fourth-order valence-electron chi connectivity index (χ4n) is 3.26. The minimum absolute atomic E-state index is 0.0337. The molecule has 1 aromatic carbocycles. The molecule has 10 nitrogen and oxygen atoms in total. The summed E-state index contributed by atoms with van der Waals surface area (Å²) < 4.78 is 30.8. The van der Waals surface area contributed by atoms with Gasteiger partial charge in [0.05, 0.1) is 17.7 Å². The molecule has 0 spiro atoms. The largest absolute Gasteiger partial charge is 0.451 e. The van der Waals surface area contributed by atoms with E-state index in [1.54, 1.807) is 38.1 Å². The monoisotopic (exact) mass is 436 g/mol. The van der Waals surface area contributed by atoms with Gasteiger partial charge < -0.3 is 9.64 Å². The summed E-state index contributed by atoms with van der Waals surface area (Å²) in [5.41, 5.74) is -0.342. The summed E-state index contributed by atoms with van der Waals surface area (Å²) in [5, 5.41) is 4.86. The lowest BCUT2D eigenvalue weighted by atomic mass is 10.1. The molecule has 2 heterocycles. The summed E-state index contributed by atoms with van der Waals surface area (Å²) in [6, 6.07) is 6.34. The van der Waals surface area contributed by atoms with Crippen LogP contribution in [0.1, 0.15) is 30.4 Å². The molecule has 1 aliphatic heterocycles. The van der Waals surface area contributed by atoms with Crippen molar-refractivity contribution in [1.82, 2.24) is 19.0 Å². The Hall–Kier alpha value is -2.79. The summed E-state index contributed by atoms with van der Waals surface area (Å²) in [7, 11) is -3.30. The van der Waals surface area contributed by atoms with Crippen LogP contribution in [-0.2, 0) is 19.6 Å². The Morgan fingerprint density at radius 2 is 1.70 bits per heavy atom. The quantitative estimate of drug-likeness (QED) is 0.616. The molecule has 0 saturated carbocycles. The van der Waals surface area contributed by atoms with Crippen molar-refractivity contribution in [3.8, 4) is 0 Å². The number of fused-ring (bicyclic) bond motifs is 1. The third kappa shape index (κ3) is 4.51. The van der Waals surface area contributed by atoms with Crippen LogP contribution in [-0.4, -0.2) is 78.3 Å². The number of benzene rings is 1. The van der Waals surface area contributed by atoms with Crippen LogP contribution in [0.25, 0.3) is 10.8 Å². The van der Waals surface area contributed by atoms with Crippen molar-refractivity contribution >= 4 is 32.7 Å². The van der Waals surface area contributed by atoms with Crippen LogP contribution in [0.2, 0.25) is 0 Å². The van der Waals surface area contributed by atoms with E-state index in [0.717, 1.165) is 6.26 Å². The van der Waals surface area contributed by atoms with E-state index in [0.29, 0.717) is 10.8 Å². The van der Waals surface area contributed by atoms with Gasteiger partial charge >= 0.3 is 5.97 Å². The predicted molar refractivity (Wildman–Crippen MR) is 110 cm³/mol. The molecule has 1 aromatic heterocycles. The Labute approximate surface area is 174 Å². The van der Waals surface area contributed by atoms with Crippen LogP contribution in [0.3, 0.4) is 0 Å². The number of esters is 1. The number of hydrogen-bond donors (Lipinski definition) is 0. The zero-order valence-electron chi connectivity index (χ0n) is 17.1. The normalized spacial score (nSPS) is 15.5. The second kappa shape index (κ2) is 8.52. The third-order valence-electron chi connectivity index (χ3n) is 4.90. The van der Waals surface area contributed by atoms with E-state index >= 15 is 0 Å². The van der Waals surface area contributed by atoms with Crippen LogP contribution in [0.15, 0.2) is 29.1 Å². The van der Waals surface area contributed by atoms with Crippen molar-refractivity contribution in [2.24, 2.45) is 0 Å². The number of carbonyl (C=O) groups is 2. The number of rotatable bonds is 5. The number of piperazine rings is 1. The fraction of sp³-hybridized carbons (Fsp3) is 0.474. The first-order chi connectivity index (χ1) is 14.1. The molecular weight excluding hydrogens is 412 g/mol. The van der Waals surface area contributed by atoms with Gasteiger partial charge in [-0.2, -0.15) is 9.40 Å². The first-order valence-corrected chi connectivity index (χ1v) is 11.4. The average Bonchev–Trinajstić information content (AvgIpc) is 2.71. The van der Waals surface area contributed by atoms with Gasteiger partial charge in [0.1, 0.15) is 0 Å². The molecule has 30 heavy (non-hydrogen) atoms. The molecule has 0 N–H and O–H groups in total. The van der Waals surface area contributed by atoms with Gasteiger partial charge in [-0.3, -0.25) is 9.59 Å². The van der Waals surface area contributed by atoms with E-state index in [4.69, 9.17) is 4.74 Å². The SMILES string of the molecule is CC(C)n1nc(C(=O)OCC(=O)N2CCN(S(C)(=O)=O)CC2)c2ccccc2c1=O. The molecule has 0 unspecified atom stereocenters. The molecule has 3 rings (SSSR count). The van der Waals surface area contributed by atoms with Crippen LogP contribution in [0, 0.1) is 0 Å². The maximum atomic E-state index is 12.7. The molecule has 2 aromatic rings. The van der Waals surface area contributed by atoms with Crippen LogP contribution >= 0.6 is 0 Å². The van der Waals surface area contributed by atoms with E-state index in [9.17, 15) is 22.8 Å². The Morgan fingerprint density at radius 1 is 1.10 bits per heavy atom. The highest BCUT2D eigenvalue weighted by Gasteiger charge is 2.27. The first kappa shape index (κ1) is 21.9. The minimum atomic E-state index is -3.30.